The van der Waals surface area contributed by atoms with E-state index in [2.05, 4.69) is 10.0 Å². The summed E-state index contributed by atoms with van der Waals surface area (Å²) < 4.78 is 10.3. The van der Waals surface area contributed by atoms with Gasteiger partial charge in [-0.2, -0.15) is 0 Å². The molecule has 0 amide bonds. The van der Waals surface area contributed by atoms with E-state index in [9.17, 15) is 4.79 Å². The van der Waals surface area contributed by atoms with Gasteiger partial charge in [0.25, 0.3) is 0 Å². The Hall–Kier alpha value is -1.26. The van der Waals surface area contributed by atoms with Crippen LogP contribution in [0.15, 0.2) is 5.11 Å². The Morgan fingerprint density at radius 1 is 1.79 bits per heavy atom. The third-order valence-corrected chi connectivity index (χ3v) is 2.14. The smallest absolute Gasteiger partial charge is 0.302 e. The molecule has 0 spiro atoms. The lowest BCUT2D eigenvalue weighted by molar-refractivity contribution is -0.146. The van der Waals surface area contributed by atoms with Gasteiger partial charge in [0.1, 0.15) is 12.1 Å². The van der Waals surface area contributed by atoms with Crippen LogP contribution in [0.3, 0.4) is 0 Å². The molecule has 78 valence electrons. The van der Waals surface area contributed by atoms with Gasteiger partial charge in [0.15, 0.2) is 0 Å². The van der Waals surface area contributed by atoms with Crippen LogP contribution < -0.4 is 0 Å². The van der Waals surface area contributed by atoms with Crippen molar-refractivity contribution < 1.29 is 14.3 Å². The lowest BCUT2D eigenvalue weighted by Gasteiger charge is -2.16. The largest absolute Gasteiger partial charge is 0.460 e. The Labute approximate surface area is 81.8 Å². The molecule has 0 radical (unpaired) electrons. The summed E-state index contributed by atoms with van der Waals surface area (Å²) in [5, 5.41) is 3.59. The summed E-state index contributed by atoms with van der Waals surface area (Å²) >= 11 is 0. The summed E-state index contributed by atoms with van der Waals surface area (Å²) in [6, 6.07) is -0.395. The van der Waals surface area contributed by atoms with Gasteiger partial charge in [-0.15, -0.1) is 0 Å². The molecular formula is C8H13N3O3. The number of ether oxygens (including phenoxy) is 2. The van der Waals surface area contributed by atoms with Gasteiger partial charge in [0.2, 0.25) is 0 Å². The number of carbonyl (C=O) groups excluding carboxylic acids is 1. The van der Waals surface area contributed by atoms with Crippen molar-refractivity contribution in [3.63, 3.8) is 0 Å². The van der Waals surface area contributed by atoms with Crippen LogP contribution >= 0.6 is 0 Å². The third-order valence-electron chi connectivity index (χ3n) is 2.14. The monoisotopic (exact) mass is 199 g/mol. The van der Waals surface area contributed by atoms with E-state index in [1.54, 1.807) is 0 Å². The van der Waals surface area contributed by atoms with Crippen LogP contribution in [0.5, 0.6) is 0 Å². The number of nitrogens with zero attached hydrogens (tertiary/aromatic N) is 3. The van der Waals surface area contributed by atoms with E-state index < -0.39 is 12.1 Å². The maximum Gasteiger partial charge on any atom is 0.302 e. The maximum atomic E-state index is 10.7. The fourth-order valence-corrected chi connectivity index (χ4v) is 1.54. The molecule has 14 heavy (non-hydrogen) atoms. The van der Waals surface area contributed by atoms with E-state index in [-0.39, 0.29) is 12.1 Å². The lowest BCUT2D eigenvalue weighted by atomic mass is 10.1. The molecule has 0 saturated carbocycles. The van der Waals surface area contributed by atoms with E-state index in [4.69, 9.17) is 15.0 Å². The highest BCUT2D eigenvalue weighted by Crippen LogP contribution is 2.23. The summed E-state index contributed by atoms with van der Waals surface area (Å²) in [5.74, 6) is -0.381. The van der Waals surface area contributed by atoms with Crippen molar-refractivity contribution >= 4 is 5.97 Å². The molecule has 6 heteroatoms. The second-order valence-electron chi connectivity index (χ2n) is 3.12. The molecule has 0 aromatic rings. The van der Waals surface area contributed by atoms with E-state index >= 15 is 0 Å². The minimum atomic E-state index is -0.437. The van der Waals surface area contributed by atoms with Crippen molar-refractivity contribution in [3.8, 4) is 0 Å². The van der Waals surface area contributed by atoms with Crippen LogP contribution in [0.1, 0.15) is 20.3 Å². The normalized spacial score (nSPS) is 30.9. The Morgan fingerprint density at radius 3 is 3.00 bits per heavy atom. The van der Waals surface area contributed by atoms with E-state index in [0.29, 0.717) is 6.61 Å². The summed E-state index contributed by atoms with van der Waals surface area (Å²) in [4.78, 5) is 13.5. The quantitative estimate of drug-likeness (QED) is 0.298. The van der Waals surface area contributed by atoms with E-state index in [1.807, 2.05) is 6.92 Å². The van der Waals surface area contributed by atoms with E-state index in [1.165, 1.54) is 6.92 Å². The van der Waals surface area contributed by atoms with Crippen LogP contribution in [0, 0.1) is 0 Å². The van der Waals surface area contributed by atoms with Gasteiger partial charge in [-0.05, 0) is 12.0 Å². The lowest BCUT2D eigenvalue weighted by Crippen LogP contribution is -2.31. The summed E-state index contributed by atoms with van der Waals surface area (Å²) in [6.07, 6.45) is 0.158. The van der Waals surface area contributed by atoms with Crippen LogP contribution in [0.4, 0.5) is 0 Å². The Bertz CT molecular complexity index is 263. The fraction of sp³-hybridized carbons (Fsp3) is 0.875. The van der Waals surface area contributed by atoms with Gasteiger partial charge >= 0.3 is 5.97 Å². The van der Waals surface area contributed by atoms with Crippen LogP contribution in [0.2, 0.25) is 0 Å². The number of hydrogen-bond donors (Lipinski definition) is 0. The number of azide groups is 1. The first-order valence-corrected chi connectivity index (χ1v) is 4.52. The van der Waals surface area contributed by atoms with Gasteiger partial charge in [-0.3, -0.25) is 4.79 Å². The zero-order valence-corrected chi connectivity index (χ0v) is 8.21. The molecule has 0 N–H and O–H groups in total. The molecule has 1 heterocycles. The number of carbonyl (C=O) groups is 1. The zero-order valence-electron chi connectivity index (χ0n) is 8.21. The maximum absolute atomic E-state index is 10.7. The average molecular weight is 199 g/mol. The first-order valence-electron chi connectivity index (χ1n) is 4.52. The molecule has 1 aliphatic rings. The fourth-order valence-electron chi connectivity index (χ4n) is 1.54. The Kier molecular flexibility index (Phi) is 3.73. The highest BCUT2D eigenvalue weighted by Gasteiger charge is 2.37. The second kappa shape index (κ2) is 4.83. The first kappa shape index (κ1) is 10.8. The molecule has 0 bridgehead atoms. The highest BCUT2D eigenvalue weighted by atomic mass is 16.6. The highest BCUT2D eigenvalue weighted by molar-refractivity contribution is 5.66. The van der Waals surface area contributed by atoms with Gasteiger partial charge in [0.05, 0.1) is 12.7 Å². The summed E-state index contributed by atoms with van der Waals surface area (Å²) in [7, 11) is 0. The molecule has 0 aliphatic carbocycles. The van der Waals surface area contributed by atoms with Crippen molar-refractivity contribution in [3.05, 3.63) is 10.4 Å². The molecule has 0 aromatic heterocycles. The molecule has 0 unspecified atom stereocenters. The van der Waals surface area contributed by atoms with Crippen LogP contribution in [-0.4, -0.2) is 30.8 Å². The average Bonchev–Trinajstić information content (AvgIpc) is 2.48. The van der Waals surface area contributed by atoms with Crippen molar-refractivity contribution in [2.75, 3.05) is 6.61 Å². The van der Waals surface area contributed by atoms with Gasteiger partial charge in [0, 0.05) is 11.8 Å². The number of hydrogen-bond acceptors (Lipinski definition) is 4. The zero-order chi connectivity index (χ0) is 10.6. The van der Waals surface area contributed by atoms with Crippen molar-refractivity contribution in [1.29, 1.82) is 0 Å². The van der Waals surface area contributed by atoms with Gasteiger partial charge in [-0.1, -0.05) is 12.0 Å². The predicted octanol–water partition coefficient (Wildman–Crippen LogP) is 1.41. The first-order chi connectivity index (χ1) is 6.69. The molecule has 1 fully saturated rings. The van der Waals surface area contributed by atoms with E-state index in [0.717, 1.165) is 6.42 Å². The topological polar surface area (TPSA) is 84.3 Å². The van der Waals surface area contributed by atoms with Gasteiger partial charge in [-0.25, -0.2) is 0 Å². The molecule has 1 rings (SSSR count). The standard InChI is InChI=1S/C8H13N3O3/c1-3-6-8(10-11-9)7(4-13-6)14-5(2)12/h6-8H,3-4H2,1-2H3/t6-,7+,8-/m1/s1. The molecular weight excluding hydrogens is 186 g/mol. The van der Waals surface area contributed by atoms with Crippen molar-refractivity contribution in [2.45, 2.75) is 38.5 Å². The SMILES string of the molecule is CC[C@H]1OC[C@H](OC(C)=O)[C@@H]1N=[N+]=[N-]. The van der Waals surface area contributed by atoms with Crippen molar-refractivity contribution in [2.24, 2.45) is 5.11 Å². The number of esters is 1. The predicted molar refractivity (Wildman–Crippen MR) is 48.5 cm³/mol. The minimum absolute atomic E-state index is 0.143. The summed E-state index contributed by atoms with van der Waals surface area (Å²) in [5.41, 5.74) is 8.35. The Morgan fingerprint density at radius 2 is 2.50 bits per heavy atom. The second-order valence-corrected chi connectivity index (χ2v) is 3.12. The minimum Gasteiger partial charge on any atom is -0.460 e. The van der Waals surface area contributed by atoms with Crippen LogP contribution in [0.25, 0.3) is 10.4 Å². The molecule has 1 aliphatic heterocycles. The molecule has 0 aromatic carbocycles. The van der Waals surface area contributed by atoms with Crippen molar-refractivity contribution in [1.82, 2.24) is 0 Å². The molecule has 6 nitrogen and oxygen atoms in total. The molecule has 3 atom stereocenters. The summed E-state index contributed by atoms with van der Waals surface area (Å²) in [6.45, 7) is 3.56. The molecule has 1 saturated heterocycles. The van der Waals surface area contributed by atoms with Gasteiger partial charge < -0.3 is 9.47 Å². The third kappa shape index (κ3) is 2.37. The Balaban J connectivity index is 2.67. The number of rotatable bonds is 3. The van der Waals surface area contributed by atoms with Crippen LogP contribution in [-0.2, 0) is 14.3 Å².